The molecule has 1 aromatic rings. The van der Waals surface area contributed by atoms with Crippen molar-refractivity contribution in [3.05, 3.63) is 35.9 Å². The van der Waals surface area contributed by atoms with Crippen molar-refractivity contribution in [1.82, 2.24) is 9.80 Å². The summed E-state index contributed by atoms with van der Waals surface area (Å²) in [6.45, 7) is 7.76. The van der Waals surface area contributed by atoms with E-state index in [9.17, 15) is 4.79 Å². The van der Waals surface area contributed by atoms with Crippen LogP contribution in [0.3, 0.4) is 0 Å². The normalized spacial score (nSPS) is 26.2. The molecule has 3 rings (SSSR count). The highest BCUT2D eigenvalue weighted by molar-refractivity contribution is 8.00. The number of benzene rings is 1. The Kier molecular flexibility index (Phi) is 5.52. The summed E-state index contributed by atoms with van der Waals surface area (Å²) in [6.07, 6.45) is 2.22. The molecule has 0 aromatic heterocycles. The molecule has 2 atom stereocenters. The predicted octanol–water partition coefficient (Wildman–Crippen LogP) is 2.54. The van der Waals surface area contributed by atoms with Crippen molar-refractivity contribution in [2.75, 3.05) is 25.4 Å². The number of amides is 1. The maximum absolute atomic E-state index is 12.7. The summed E-state index contributed by atoms with van der Waals surface area (Å²) in [4.78, 5) is 17.4. The van der Waals surface area contributed by atoms with E-state index in [4.69, 9.17) is 5.73 Å². The van der Waals surface area contributed by atoms with E-state index < -0.39 is 0 Å². The highest BCUT2D eigenvalue weighted by atomic mass is 32.2. The van der Waals surface area contributed by atoms with Crippen molar-refractivity contribution in [3.63, 3.8) is 0 Å². The summed E-state index contributed by atoms with van der Waals surface area (Å²) < 4.78 is 0. The summed E-state index contributed by atoms with van der Waals surface area (Å²) in [5.74, 6) is 1.45. The molecular formula is C19H29N3OS. The summed E-state index contributed by atoms with van der Waals surface area (Å²) in [5.41, 5.74) is 7.47. The second-order valence-electron chi connectivity index (χ2n) is 7.33. The van der Waals surface area contributed by atoms with E-state index in [1.54, 1.807) is 0 Å². The lowest BCUT2D eigenvalue weighted by atomic mass is 9.99. The molecule has 24 heavy (non-hydrogen) atoms. The third kappa shape index (κ3) is 3.63. The SMILES string of the molecule is CC(C)C(N)C(=O)N1CCCC2(C1)SCCN2Cc1ccccc1. The van der Waals surface area contributed by atoms with Crippen molar-refractivity contribution < 1.29 is 4.79 Å². The van der Waals surface area contributed by atoms with Gasteiger partial charge in [0.2, 0.25) is 5.91 Å². The Morgan fingerprint density at radius 1 is 1.29 bits per heavy atom. The van der Waals surface area contributed by atoms with Crippen LogP contribution in [0.5, 0.6) is 0 Å². The zero-order valence-corrected chi connectivity index (χ0v) is 15.6. The van der Waals surface area contributed by atoms with Crippen LogP contribution in [-0.4, -0.2) is 52.0 Å². The van der Waals surface area contributed by atoms with Gasteiger partial charge in [-0.1, -0.05) is 44.2 Å². The first-order valence-electron chi connectivity index (χ1n) is 8.99. The molecule has 4 nitrogen and oxygen atoms in total. The van der Waals surface area contributed by atoms with Gasteiger partial charge in [-0.05, 0) is 24.3 Å². The fraction of sp³-hybridized carbons (Fsp3) is 0.632. The number of likely N-dealkylation sites (tertiary alicyclic amines) is 1. The quantitative estimate of drug-likeness (QED) is 0.909. The molecule has 2 N–H and O–H groups in total. The van der Waals surface area contributed by atoms with Crippen LogP contribution >= 0.6 is 11.8 Å². The third-order valence-corrected chi connectivity index (χ3v) is 6.79. The maximum atomic E-state index is 12.7. The minimum atomic E-state index is -0.380. The summed E-state index contributed by atoms with van der Waals surface area (Å²) in [7, 11) is 0. The fourth-order valence-electron chi connectivity index (χ4n) is 3.73. The minimum absolute atomic E-state index is 0.0699. The number of nitrogens with zero attached hydrogens (tertiary/aromatic N) is 2. The third-order valence-electron chi connectivity index (χ3n) is 5.27. The van der Waals surface area contributed by atoms with Crippen LogP contribution in [-0.2, 0) is 11.3 Å². The number of carbonyl (C=O) groups excluding carboxylic acids is 1. The first-order valence-corrected chi connectivity index (χ1v) is 9.98. The average molecular weight is 348 g/mol. The van der Waals surface area contributed by atoms with Crippen LogP contribution in [0.25, 0.3) is 0 Å². The van der Waals surface area contributed by atoms with Gasteiger partial charge in [0.05, 0.1) is 10.9 Å². The molecule has 2 aliphatic heterocycles. The van der Waals surface area contributed by atoms with Gasteiger partial charge in [-0.3, -0.25) is 9.69 Å². The molecule has 2 aliphatic rings. The molecule has 1 amide bonds. The molecular weight excluding hydrogens is 318 g/mol. The van der Waals surface area contributed by atoms with Crippen molar-refractivity contribution in [2.24, 2.45) is 11.7 Å². The Morgan fingerprint density at radius 2 is 2.04 bits per heavy atom. The highest BCUT2D eigenvalue weighted by Gasteiger charge is 2.46. The molecule has 0 saturated carbocycles. The van der Waals surface area contributed by atoms with Gasteiger partial charge < -0.3 is 10.6 Å². The average Bonchev–Trinajstić information content (AvgIpc) is 2.96. The van der Waals surface area contributed by atoms with Crippen LogP contribution in [0.15, 0.2) is 30.3 Å². The van der Waals surface area contributed by atoms with Gasteiger partial charge >= 0.3 is 0 Å². The summed E-state index contributed by atoms with van der Waals surface area (Å²) in [6, 6.07) is 10.3. The Labute approximate surface area is 149 Å². The molecule has 2 unspecified atom stereocenters. The number of piperidine rings is 1. The molecule has 0 bridgehead atoms. The van der Waals surface area contributed by atoms with Crippen molar-refractivity contribution >= 4 is 17.7 Å². The Morgan fingerprint density at radius 3 is 2.75 bits per heavy atom. The van der Waals surface area contributed by atoms with E-state index >= 15 is 0 Å². The molecule has 2 heterocycles. The largest absolute Gasteiger partial charge is 0.339 e. The lowest BCUT2D eigenvalue weighted by Crippen LogP contribution is -2.58. The van der Waals surface area contributed by atoms with E-state index in [1.807, 2.05) is 30.5 Å². The zero-order chi connectivity index (χ0) is 17.2. The van der Waals surface area contributed by atoms with Crippen LogP contribution < -0.4 is 5.73 Å². The van der Waals surface area contributed by atoms with Gasteiger partial charge in [-0.2, -0.15) is 0 Å². The van der Waals surface area contributed by atoms with Crippen molar-refractivity contribution in [1.29, 1.82) is 0 Å². The molecule has 1 spiro atoms. The second kappa shape index (κ2) is 7.46. The van der Waals surface area contributed by atoms with E-state index in [2.05, 4.69) is 35.2 Å². The van der Waals surface area contributed by atoms with Gasteiger partial charge in [0.1, 0.15) is 0 Å². The van der Waals surface area contributed by atoms with E-state index in [-0.39, 0.29) is 22.7 Å². The van der Waals surface area contributed by atoms with E-state index in [1.165, 1.54) is 5.56 Å². The van der Waals surface area contributed by atoms with Crippen molar-refractivity contribution in [3.8, 4) is 0 Å². The number of rotatable bonds is 4. The van der Waals surface area contributed by atoms with Gasteiger partial charge in [-0.15, -0.1) is 11.8 Å². The number of hydrogen-bond donors (Lipinski definition) is 1. The molecule has 2 fully saturated rings. The lowest BCUT2D eigenvalue weighted by molar-refractivity contribution is -0.136. The fourth-order valence-corrected chi connectivity index (χ4v) is 5.30. The lowest BCUT2D eigenvalue weighted by Gasteiger charge is -2.46. The predicted molar refractivity (Wildman–Crippen MR) is 101 cm³/mol. The van der Waals surface area contributed by atoms with E-state index in [0.717, 1.165) is 44.8 Å². The molecule has 1 aromatic carbocycles. The Hall–Kier alpha value is -1.04. The summed E-state index contributed by atoms with van der Waals surface area (Å²) in [5, 5.41) is 0. The Bertz CT molecular complexity index is 565. The van der Waals surface area contributed by atoms with Gasteiger partial charge in [0, 0.05) is 31.9 Å². The number of hydrogen-bond acceptors (Lipinski definition) is 4. The first kappa shape index (κ1) is 17.8. The van der Waals surface area contributed by atoms with Crippen LogP contribution in [0.1, 0.15) is 32.3 Å². The van der Waals surface area contributed by atoms with Crippen molar-refractivity contribution in [2.45, 2.75) is 44.1 Å². The topological polar surface area (TPSA) is 49.6 Å². The zero-order valence-electron chi connectivity index (χ0n) is 14.8. The standard InChI is InChI=1S/C19H29N3OS/c1-15(2)17(20)18(23)21-10-6-9-19(14-21)22(11-12-24-19)13-16-7-4-3-5-8-16/h3-5,7-8,15,17H,6,9-14,20H2,1-2H3. The molecule has 0 radical (unpaired) electrons. The van der Waals surface area contributed by atoms with Crippen LogP contribution in [0, 0.1) is 5.92 Å². The monoisotopic (exact) mass is 347 g/mol. The van der Waals surface area contributed by atoms with Gasteiger partial charge in [0.15, 0.2) is 0 Å². The van der Waals surface area contributed by atoms with Gasteiger partial charge in [-0.25, -0.2) is 0 Å². The Balaban J connectivity index is 1.72. The minimum Gasteiger partial charge on any atom is -0.339 e. The smallest absolute Gasteiger partial charge is 0.239 e. The van der Waals surface area contributed by atoms with E-state index in [0.29, 0.717) is 0 Å². The number of thioether (sulfide) groups is 1. The highest BCUT2D eigenvalue weighted by Crippen LogP contribution is 2.43. The van der Waals surface area contributed by atoms with Crippen LogP contribution in [0.4, 0.5) is 0 Å². The maximum Gasteiger partial charge on any atom is 0.239 e. The number of nitrogens with two attached hydrogens (primary N) is 1. The molecule has 132 valence electrons. The first-order chi connectivity index (χ1) is 11.5. The summed E-state index contributed by atoms with van der Waals surface area (Å²) >= 11 is 2.03. The molecule has 0 aliphatic carbocycles. The van der Waals surface area contributed by atoms with Gasteiger partial charge in [0.25, 0.3) is 0 Å². The second-order valence-corrected chi connectivity index (χ2v) is 8.79. The number of carbonyl (C=O) groups is 1. The molecule has 2 saturated heterocycles. The van der Waals surface area contributed by atoms with Crippen LogP contribution in [0.2, 0.25) is 0 Å². The molecule has 5 heteroatoms.